The maximum absolute atomic E-state index is 13.3. The Labute approximate surface area is 311 Å². The van der Waals surface area contributed by atoms with Crippen LogP contribution in [0.4, 0.5) is 0 Å². The number of carbonyl (C=O) groups excluding carboxylic acids is 6. The van der Waals surface area contributed by atoms with Crippen LogP contribution in [0.5, 0.6) is 0 Å². The first-order valence-electron chi connectivity index (χ1n) is 16.5. The molecule has 4 atom stereocenters. The first kappa shape index (κ1) is 40.1. The van der Waals surface area contributed by atoms with Gasteiger partial charge in [0, 0.05) is 25.0 Å². The van der Waals surface area contributed by atoms with E-state index in [1.165, 1.54) is 14.2 Å². The summed E-state index contributed by atoms with van der Waals surface area (Å²) in [6, 6.07) is 34.3. The number of amides is 2. The van der Waals surface area contributed by atoms with Gasteiger partial charge in [-0.05, 0) is 22.3 Å². The molecule has 4 aromatic rings. The topological polar surface area (TPSA) is 215 Å². The van der Waals surface area contributed by atoms with Crippen LogP contribution in [0.25, 0.3) is 0 Å². The van der Waals surface area contributed by atoms with Crippen LogP contribution in [0.1, 0.15) is 22.3 Å². The summed E-state index contributed by atoms with van der Waals surface area (Å²) >= 11 is 0. The van der Waals surface area contributed by atoms with Gasteiger partial charge in [-0.3, -0.25) is 21.1 Å². The van der Waals surface area contributed by atoms with E-state index in [-0.39, 0.29) is 12.8 Å². The van der Waals surface area contributed by atoms with Gasteiger partial charge in [0.1, 0.15) is 0 Å². The average Bonchev–Trinajstić information content (AvgIpc) is 3.20. The van der Waals surface area contributed by atoms with Crippen molar-refractivity contribution >= 4 is 35.7 Å². The first-order chi connectivity index (χ1) is 25.9. The number of benzene rings is 4. The number of ether oxygens (including phenoxy) is 4. The van der Waals surface area contributed by atoms with E-state index < -0.39 is 59.2 Å². The zero-order valence-electron chi connectivity index (χ0n) is 29.5. The highest BCUT2D eigenvalue weighted by atomic mass is 16.6. The van der Waals surface area contributed by atoms with Crippen LogP contribution in [-0.4, -0.2) is 62.4 Å². The molecule has 280 valence electrons. The Kier molecular flexibility index (Phi) is 13.9. The maximum atomic E-state index is 13.3. The minimum atomic E-state index is -1.94. The van der Waals surface area contributed by atoms with Gasteiger partial charge in [-0.15, -0.1) is 0 Å². The summed E-state index contributed by atoms with van der Waals surface area (Å²) in [7, 11) is 2.33. The number of methoxy groups -OCH3 is 2. The summed E-state index contributed by atoms with van der Waals surface area (Å²) in [4.78, 5) is 78.4. The Bertz CT molecular complexity index is 1800. The van der Waals surface area contributed by atoms with E-state index in [1.54, 1.807) is 121 Å². The van der Waals surface area contributed by atoms with E-state index in [4.69, 9.17) is 30.4 Å². The van der Waals surface area contributed by atoms with Crippen molar-refractivity contribution in [2.45, 2.75) is 36.4 Å². The third-order valence-corrected chi connectivity index (χ3v) is 8.26. The minimum absolute atomic E-state index is 0.0329. The predicted molar refractivity (Wildman–Crippen MR) is 194 cm³/mol. The monoisotopic (exact) mass is 736 g/mol. The van der Waals surface area contributed by atoms with Gasteiger partial charge in [0.05, 0.1) is 14.2 Å². The highest BCUT2D eigenvalue weighted by Crippen LogP contribution is 2.29. The molecule has 0 fully saturated rings. The van der Waals surface area contributed by atoms with Crippen LogP contribution in [0.15, 0.2) is 133 Å². The standard InChI is InChI=1S/C40H40N4O10/c1-51-37(49)39(29-19-11-5-12-20-29,25-27-15-7-3-8-16-27)43-35(47)33(41)53-31(45)23-24-32(46)54-34(42)36(48)44-40(38(50)52-2,30-21-13-6-14-22-30)26-28-17-9-4-10-18-28/h3-24,33-34H,25-26,41-42H2,1-2H3,(H,43,47)(H,44,48)/b24-23-. The summed E-state index contributed by atoms with van der Waals surface area (Å²) in [6.45, 7) is 0. The van der Waals surface area contributed by atoms with Crippen LogP contribution >= 0.6 is 0 Å². The second-order valence-corrected chi connectivity index (χ2v) is 11.9. The molecule has 0 radical (unpaired) electrons. The molecule has 0 spiro atoms. The lowest BCUT2D eigenvalue weighted by Gasteiger charge is -2.33. The third-order valence-electron chi connectivity index (χ3n) is 8.26. The predicted octanol–water partition coefficient (Wildman–Crippen LogP) is 2.05. The van der Waals surface area contributed by atoms with Gasteiger partial charge in [0.15, 0.2) is 11.1 Å². The normalized spacial score (nSPS) is 14.2. The van der Waals surface area contributed by atoms with Crippen LogP contribution in [-0.2, 0) is 71.6 Å². The van der Waals surface area contributed by atoms with Crippen molar-refractivity contribution < 1.29 is 47.7 Å². The molecule has 0 bridgehead atoms. The lowest BCUT2D eigenvalue weighted by atomic mass is 9.83. The Morgan fingerprint density at radius 3 is 1.13 bits per heavy atom. The number of esters is 4. The van der Waals surface area contributed by atoms with Gasteiger partial charge in [-0.2, -0.15) is 0 Å². The molecule has 2 amide bonds. The summed E-state index contributed by atoms with van der Waals surface area (Å²) in [5.41, 5.74) is 10.4. The Hall–Kier alpha value is -6.64. The highest BCUT2D eigenvalue weighted by molar-refractivity contribution is 5.96. The molecule has 4 rings (SSSR count). The van der Waals surface area contributed by atoms with Crippen LogP contribution in [0, 0.1) is 0 Å². The number of nitrogens with one attached hydrogen (secondary N) is 2. The van der Waals surface area contributed by atoms with E-state index in [2.05, 4.69) is 10.6 Å². The Morgan fingerprint density at radius 2 is 0.833 bits per heavy atom. The molecule has 0 saturated carbocycles. The molecule has 0 saturated heterocycles. The molecule has 0 aromatic heterocycles. The molecule has 0 heterocycles. The summed E-state index contributed by atoms with van der Waals surface area (Å²) in [5.74, 6) is -6.19. The summed E-state index contributed by atoms with van der Waals surface area (Å²) in [5, 5.41) is 5.17. The molecular weight excluding hydrogens is 696 g/mol. The van der Waals surface area contributed by atoms with Gasteiger partial charge >= 0.3 is 23.9 Å². The van der Waals surface area contributed by atoms with E-state index >= 15 is 0 Å². The number of hydrogen-bond donors (Lipinski definition) is 4. The first-order valence-corrected chi connectivity index (χ1v) is 16.5. The average molecular weight is 737 g/mol. The fourth-order valence-electron chi connectivity index (χ4n) is 5.65. The molecule has 14 heteroatoms. The number of nitrogens with two attached hydrogens (primary N) is 2. The van der Waals surface area contributed by atoms with Crippen LogP contribution < -0.4 is 22.1 Å². The largest absolute Gasteiger partial charge is 0.467 e. The molecule has 54 heavy (non-hydrogen) atoms. The molecule has 0 aliphatic carbocycles. The van der Waals surface area contributed by atoms with E-state index in [9.17, 15) is 28.8 Å². The quantitative estimate of drug-likeness (QED) is 0.0563. The summed E-state index contributed by atoms with van der Waals surface area (Å²) < 4.78 is 20.1. The molecule has 4 unspecified atom stereocenters. The lowest BCUT2D eigenvalue weighted by Crippen LogP contribution is -2.58. The van der Waals surface area contributed by atoms with Crippen molar-refractivity contribution in [1.29, 1.82) is 0 Å². The fraction of sp³-hybridized carbons (Fsp3) is 0.200. The SMILES string of the molecule is COC(=O)C(Cc1ccccc1)(NC(=O)C(N)OC(=O)/C=C\C(=O)OC(N)C(=O)NC(Cc1ccccc1)(C(=O)OC)c1ccccc1)c1ccccc1. The van der Waals surface area contributed by atoms with Crippen molar-refractivity contribution in [2.75, 3.05) is 14.2 Å². The number of hydrogen-bond acceptors (Lipinski definition) is 12. The van der Waals surface area contributed by atoms with E-state index in [1.807, 2.05) is 0 Å². The smallest absolute Gasteiger partial charge is 0.336 e. The van der Waals surface area contributed by atoms with Crippen molar-refractivity contribution in [1.82, 2.24) is 10.6 Å². The van der Waals surface area contributed by atoms with E-state index in [0.717, 1.165) is 0 Å². The van der Waals surface area contributed by atoms with Gasteiger partial charge in [-0.1, -0.05) is 121 Å². The van der Waals surface area contributed by atoms with Crippen molar-refractivity contribution in [3.05, 3.63) is 156 Å². The zero-order chi connectivity index (χ0) is 39.1. The van der Waals surface area contributed by atoms with Gasteiger partial charge in [0.25, 0.3) is 11.8 Å². The second kappa shape index (κ2) is 18.7. The van der Waals surface area contributed by atoms with E-state index in [0.29, 0.717) is 34.4 Å². The molecule has 0 aliphatic rings. The van der Waals surface area contributed by atoms with Crippen molar-refractivity contribution in [3.8, 4) is 0 Å². The van der Waals surface area contributed by atoms with Crippen LogP contribution in [0.2, 0.25) is 0 Å². The second-order valence-electron chi connectivity index (χ2n) is 11.9. The molecule has 14 nitrogen and oxygen atoms in total. The van der Waals surface area contributed by atoms with Gasteiger partial charge < -0.3 is 29.6 Å². The Balaban J connectivity index is 1.43. The van der Waals surface area contributed by atoms with Gasteiger partial charge in [0.2, 0.25) is 12.5 Å². The zero-order valence-corrected chi connectivity index (χ0v) is 29.5. The Morgan fingerprint density at radius 1 is 0.537 bits per heavy atom. The number of carbonyl (C=O) groups is 6. The van der Waals surface area contributed by atoms with Crippen molar-refractivity contribution in [3.63, 3.8) is 0 Å². The molecule has 6 N–H and O–H groups in total. The number of rotatable bonds is 16. The molecular formula is C40H40N4O10. The summed E-state index contributed by atoms with van der Waals surface area (Å²) in [6.07, 6.45) is -2.74. The molecule has 0 aliphatic heterocycles. The highest BCUT2D eigenvalue weighted by Gasteiger charge is 2.45. The van der Waals surface area contributed by atoms with Gasteiger partial charge in [-0.25, -0.2) is 19.2 Å². The third kappa shape index (κ3) is 10.0. The maximum Gasteiger partial charge on any atom is 0.336 e. The van der Waals surface area contributed by atoms with Crippen LogP contribution in [0.3, 0.4) is 0 Å². The molecule has 4 aromatic carbocycles. The minimum Gasteiger partial charge on any atom is -0.467 e. The fourth-order valence-corrected chi connectivity index (χ4v) is 5.65. The lowest BCUT2D eigenvalue weighted by molar-refractivity contribution is -0.157. The van der Waals surface area contributed by atoms with Crippen molar-refractivity contribution in [2.24, 2.45) is 11.5 Å².